The van der Waals surface area contributed by atoms with Gasteiger partial charge in [0.15, 0.2) is 0 Å². The zero-order valence-electron chi connectivity index (χ0n) is 16.8. The van der Waals surface area contributed by atoms with Crippen LogP contribution in [0, 0.1) is 6.92 Å². The first-order valence-corrected chi connectivity index (χ1v) is 9.90. The molecule has 1 amide bonds. The molecule has 0 aromatic heterocycles. The van der Waals surface area contributed by atoms with Crippen molar-refractivity contribution in [1.29, 1.82) is 0 Å². The summed E-state index contributed by atoms with van der Waals surface area (Å²) in [4.78, 5) is 9.47. The van der Waals surface area contributed by atoms with Crippen LogP contribution in [0.3, 0.4) is 0 Å². The normalized spacial score (nSPS) is 9.58. The molecule has 0 saturated carbocycles. The Bertz CT molecular complexity index is 228. The molecular formula is C21H42NNaO. The van der Waals surface area contributed by atoms with Crippen molar-refractivity contribution in [3.05, 3.63) is 19.6 Å². The van der Waals surface area contributed by atoms with Gasteiger partial charge in [-0.2, -0.15) is 6.42 Å². The number of amides is 1. The second-order valence-electron chi connectivity index (χ2n) is 6.41. The molecule has 3 heteroatoms. The molecule has 0 fully saturated rings. The van der Waals surface area contributed by atoms with Gasteiger partial charge >= 0.3 is 29.6 Å². The number of primary amides is 1. The van der Waals surface area contributed by atoms with E-state index in [1.54, 1.807) is 0 Å². The van der Waals surface area contributed by atoms with Gasteiger partial charge in [-0.3, -0.25) is 4.79 Å². The minimum atomic E-state index is -0.481. The van der Waals surface area contributed by atoms with E-state index in [1.165, 1.54) is 96.3 Å². The molecule has 0 aliphatic rings. The van der Waals surface area contributed by atoms with E-state index >= 15 is 0 Å². The first kappa shape index (κ1) is 29.0. The molecule has 0 rings (SSSR count). The van der Waals surface area contributed by atoms with E-state index in [9.17, 15) is 4.79 Å². The van der Waals surface area contributed by atoms with Crippen LogP contribution >= 0.6 is 0 Å². The van der Waals surface area contributed by atoms with Crippen molar-refractivity contribution >= 4 is 5.91 Å². The topological polar surface area (TPSA) is 43.1 Å². The van der Waals surface area contributed by atoms with E-state index in [0.29, 0.717) is 0 Å². The molecule has 2 N–H and O–H groups in total. The SMILES string of the molecule is C=CC(N)=O.[CH2-]CCCCCCCCCCCCCCCCC.[Na+]. The fourth-order valence-electron chi connectivity index (χ4n) is 2.55. The summed E-state index contributed by atoms with van der Waals surface area (Å²) in [5.41, 5.74) is 4.53. The zero-order chi connectivity index (χ0) is 17.6. The Kier molecular flexibility index (Phi) is 33.9. The largest absolute Gasteiger partial charge is 1.00 e. The number of hydrogen-bond acceptors (Lipinski definition) is 1. The molecule has 0 aromatic carbocycles. The predicted octanol–water partition coefficient (Wildman–Crippen LogP) is 3.74. The fourth-order valence-corrected chi connectivity index (χ4v) is 2.55. The van der Waals surface area contributed by atoms with Gasteiger partial charge in [-0.25, -0.2) is 0 Å². The first-order chi connectivity index (χ1) is 11.2. The number of nitrogens with two attached hydrogens (primary N) is 1. The Morgan fingerprint density at radius 2 is 1.04 bits per heavy atom. The van der Waals surface area contributed by atoms with Crippen LogP contribution < -0.4 is 35.3 Å². The number of unbranched alkanes of at least 4 members (excludes halogenated alkanes) is 15. The molecule has 0 spiro atoms. The molecule has 0 aliphatic carbocycles. The third kappa shape index (κ3) is 33.7. The van der Waals surface area contributed by atoms with Crippen molar-refractivity contribution in [2.45, 2.75) is 110 Å². The van der Waals surface area contributed by atoms with Gasteiger partial charge in [0, 0.05) is 0 Å². The summed E-state index contributed by atoms with van der Waals surface area (Å²) in [5, 5.41) is 0. The van der Waals surface area contributed by atoms with Crippen molar-refractivity contribution in [3.63, 3.8) is 0 Å². The van der Waals surface area contributed by atoms with E-state index in [-0.39, 0.29) is 29.6 Å². The molecule has 0 radical (unpaired) electrons. The Morgan fingerprint density at radius 3 is 1.25 bits per heavy atom. The Labute approximate surface area is 174 Å². The smallest absolute Gasteiger partial charge is 0.366 e. The fraction of sp³-hybridized carbons (Fsp3) is 0.810. The number of rotatable bonds is 16. The van der Waals surface area contributed by atoms with Crippen molar-refractivity contribution in [3.8, 4) is 0 Å². The molecule has 0 aromatic rings. The third-order valence-electron chi connectivity index (χ3n) is 4.05. The Hall–Kier alpha value is 0.210. The molecule has 24 heavy (non-hydrogen) atoms. The average Bonchev–Trinajstić information content (AvgIpc) is 2.55. The van der Waals surface area contributed by atoms with Gasteiger partial charge in [0.1, 0.15) is 0 Å². The van der Waals surface area contributed by atoms with Crippen LogP contribution in [0.4, 0.5) is 0 Å². The molecule has 0 atom stereocenters. The molecule has 0 heterocycles. The van der Waals surface area contributed by atoms with Gasteiger partial charge in [-0.1, -0.05) is 110 Å². The maximum atomic E-state index is 9.47. The molecule has 2 nitrogen and oxygen atoms in total. The molecule has 0 unspecified atom stereocenters. The van der Waals surface area contributed by atoms with Gasteiger partial charge in [0.2, 0.25) is 5.91 Å². The van der Waals surface area contributed by atoms with Crippen LogP contribution in [0.1, 0.15) is 110 Å². The second-order valence-corrected chi connectivity index (χ2v) is 6.41. The maximum absolute atomic E-state index is 9.47. The standard InChI is InChI=1S/C18H37.C3H5NO.Na/c1-3-5-7-9-11-13-15-17-18-16-14-12-10-8-6-4-2;1-2-3(4)5;/h1,3-18H2,2H3;2H,1H2,(H2,4,5);/q-1;;+1. The first-order valence-electron chi connectivity index (χ1n) is 9.90. The summed E-state index contributed by atoms with van der Waals surface area (Å²) < 4.78 is 0. The van der Waals surface area contributed by atoms with E-state index < -0.39 is 5.91 Å². The van der Waals surface area contributed by atoms with E-state index in [1.807, 2.05) is 0 Å². The van der Waals surface area contributed by atoms with Crippen LogP contribution in [0.15, 0.2) is 12.7 Å². The minimum absolute atomic E-state index is 0. The summed E-state index contributed by atoms with van der Waals surface area (Å²) in [6, 6.07) is 0. The summed E-state index contributed by atoms with van der Waals surface area (Å²) in [7, 11) is 0. The Morgan fingerprint density at radius 1 is 0.792 bits per heavy atom. The quantitative estimate of drug-likeness (QED) is 0.196. The molecule has 0 aliphatic heterocycles. The molecule has 0 bridgehead atoms. The summed E-state index contributed by atoms with van der Waals surface area (Å²) in [6.07, 6.45) is 23.9. The van der Waals surface area contributed by atoms with Crippen molar-refractivity contribution in [1.82, 2.24) is 0 Å². The monoisotopic (exact) mass is 347 g/mol. The number of carbonyl (C=O) groups is 1. The van der Waals surface area contributed by atoms with Crippen LogP contribution in [-0.2, 0) is 4.79 Å². The number of hydrogen-bond donors (Lipinski definition) is 1. The van der Waals surface area contributed by atoms with Crippen LogP contribution in [0.25, 0.3) is 0 Å². The van der Waals surface area contributed by atoms with E-state index in [4.69, 9.17) is 0 Å². The zero-order valence-corrected chi connectivity index (χ0v) is 18.8. The van der Waals surface area contributed by atoms with Crippen LogP contribution in [0.5, 0.6) is 0 Å². The summed E-state index contributed by atoms with van der Waals surface area (Å²) >= 11 is 0. The van der Waals surface area contributed by atoms with Crippen molar-refractivity contribution in [2.24, 2.45) is 5.73 Å². The van der Waals surface area contributed by atoms with Gasteiger partial charge in [-0.05, 0) is 6.08 Å². The van der Waals surface area contributed by atoms with Crippen molar-refractivity contribution < 1.29 is 34.4 Å². The maximum Gasteiger partial charge on any atom is 1.00 e. The van der Waals surface area contributed by atoms with Crippen LogP contribution in [0.2, 0.25) is 0 Å². The van der Waals surface area contributed by atoms with Gasteiger partial charge in [0.05, 0.1) is 0 Å². The average molecular weight is 348 g/mol. The van der Waals surface area contributed by atoms with Crippen LogP contribution in [-0.4, -0.2) is 5.91 Å². The Balaban J connectivity index is -0.000000639. The molecule has 0 saturated heterocycles. The number of carbonyl (C=O) groups excluding carboxylic acids is 1. The summed E-state index contributed by atoms with van der Waals surface area (Å²) in [5.74, 6) is -0.481. The predicted molar refractivity (Wildman–Crippen MR) is 104 cm³/mol. The molecule has 138 valence electrons. The third-order valence-corrected chi connectivity index (χ3v) is 4.05. The van der Waals surface area contributed by atoms with Crippen molar-refractivity contribution in [2.75, 3.05) is 0 Å². The van der Waals surface area contributed by atoms with Gasteiger partial charge in [-0.15, -0.1) is 0 Å². The van der Waals surface area contributed by atoms with Gasteiger partial charge in [0.25, 0.3) is 0 Å². The minimum Gasteiger partial charge on any atom is -0.366 e. The summed E-state index contributed by atoms with van der Waals surface area (Å²) in [6.45, 7) is 9.26. The van der Waals surface area contributed by atoms with E-state index in [2.05, 4.69) is 26.2 Å². The molecular weight excluding hydrogens is 305 g/mol. The van der Waals surface area contributed by atoms with Gasteiger partial charge < -0.3 is 12.7 Å². The van der Waals surface area contributed by atoms with E-state index in [0.717, 1.165) is 12.5 Å². The second kappa shape index (κ2) is 28.0.